The summed E-state index contributed by atoms with van der Waals surface area (Å²) in [5.74, 6) is 0.394. The van der Waals surface area contributed by atoms with E-state index in [4.69, 9.17) is 0 Å². The van der Waals surface area contributed by atoms with Crippen molar-refractivity contribution in [1.82, 2.24) is 9.29 Å². The van der Waals surface area contributed by atoms with E-state index in [9.17, 15) is 18.0 Å². The van der Waals surface area contributed by atoms with Crippen LogP contribution >= 0.6 is 0 Å². The predicted octanol–water partition coefficient (Wildman–Crippen LogP) is 3.20. The van der Waals surface area contributed by atoms with Gasteiger partial charge in [0.1, 0.15) is 5.82 Å². The van der Waals surface area contributed by atoms with Gasteiger partial charge in [-0.05, 0) is 74.9 Å². The molecule has 3 heterocycles. The minimum Gasteiger partial charge on any atom is -0.310 e. The van der Waals surface area contributed by atoms with Crippen LogP contribution in [0.25, 0.3) is 0 Å². The van der Waals surface area contributed by atoms with E-state index in [0.717, 1.165) is 30.5 Å². The number of rotatable bonds is 5. The van der Waals surface area contributed by atoms with Crippen LogP contribution in [0.5, 0.6) is 0 Å². The quantitative estimate of drug-likeness (QED) is 0.706. The highest BCUT2D eigenvalue weighted by molar-refractivity contribution is 7.89. The van der Waals surface area contributed by atoms with Crippen molar-refractivity contribution in [3.05, 3.63) is 48.2 Å². The molecule has 1 aromatic carbocycles. The van der Waals surface area contributed by atoms with Gasteiger partial charge in [-0.3, -0.25) is 9.59 Å². The molecule has 2 aromatic rings. The van der Waals surface area contributed by atoms with E-state index in [1.54, 1.807) is 42.6 Å². The van der Waals surface area contributed by atoms with Crippen LogP contribution in [-0.2, 0) is 26.0 Å². The molecule has 0 radical (unpaired) electrons. The molecule has 9 heteroatoms. The molecule has 34 heavy (non-hydrogen) atoms. The van der Waals surface area contributed by atoms with E-state index >= 15 is 0 Å². The second kappa shape index (κ2) is 9.11. The van der Waals surface area contributed by atoms with Gasteiger partial charge in [0.2, 0.25) is 21.8 Å². The van der Waals surface area contributed by atoms with Crippen LogP contribution in [0.3, 0.4) is 0 Å². The summed E-state index contributed by atoms with van der Waals surface area (Å²) in [7, 11) is -3.67. The zero-order chi connectivity index (χ0) is 23.9. The van der Waals surface area contributed by atoms with Gasteiger partial charge in [-0.25, -0.2) is 13.4 Å². The number of benzene rings is 1. The Labute approximate surface area is 200 Å². The number of fused-ring (bicyclic) bond motifs is 1. The average molecular weight is 483 g/mol. The number of nitrogens with zero attached hydrogens (tertiary/aromatic N) is 3. The molecule has 1 saturated carbocycles. The summed E-state index contributed by atoms with van der Waals surface area (Å²) in [4.78, 5) is 31.7. The van der Waals surface area contributed by atoms with Crippen LogP contribution in [0.15, 0.2) is 47.5 Å². The fraction of sp³-hybridized carbons (Fsp3) is 0.480. The number of carbonyl (C=O) groups excluding carboxylic acids is 2. The second-order valence-corrected chi connectivity index (χ2v) is 11.5. The molecule has 2 fully saturated rings. The highest BCUT2D eigenvalue weighted by Crippen LogP contribution is 2.38. The Morgan fingerprint density at radius 1 is 1.03 bits per heavy atom. The average Bonchev–Trinajstić information content (AvgIpc) is 3.13. The number of sulfonamides is 1. The number of carbonyl (C=O) groups is 2. The normalized spacial score (nSPS) is 21.7. The molecule has 5 rings (SSSR count). The third-order valence-electron chi connectivity index (χ3n) is 7.34. The highest BCUT2D eigenvalue weighted by Gasteiger charge is 2.38. The fourth-order valence-corrected chi connectivity index (χ4v) is 6.65. The van der Waals surface area contributed by atoms with Gasteiger partial charge in [-0.1, -0.05) is 12.5 Å². The molecule has 1 N–H and O–H groups in total. The van der Waals surface area contributed by atoms with E-state index in [1.165, 1.54) is 4.31 Å². The molecule has 2 aliphatic heterocycles. The topological polar surface area (TPSA) is 99.7 Å². The van der Waals surface area contributed by atoms with Gasteiger partial charge in [0.25, 0.3) is 0 Å². The zero-order valence-electron chi connectivity index (χ0n) is 19.3. The maximum atomic E-state index is 13.4. The number of hydrogen-bond acceptors (Lipinski definition) is 5. The lowest BCUT2D eigenvalue weighted by molar-refractivity contribution is -0.125. The number of amides is 2. The Hall–Kier alpha value is -2.78. The Bertz CT molecular complexity index is 1190. The number of nitrogens with one attached hydrogen (secondary N) is 1. The number of pyridine rings is 1. The molecule has 0 spiro atoms. The van der Waals surface area contributed by atoms with Crippen LogP contribution in [0.2, 0.25) is 0 Å². The number of hydrogen-bond donors (Lipinski definition) is 1. The first-order valence-electron chi connectivity index (χ1n) is 12.0. The molecule has 3 aliphatic rings. The third-order valence-corrected chi connectivity index (χ3v) is 9.23. The number of aromatic nitrogens is 1. The van der Waals surface area contributed by atoms with Crippen molar-refractivity contribution in [3.8, 4) is 0 Å². The van der Waals surface area contributed by atoms with Crippen LogP contribution in [0.1, 0.15) is 44.6 Å². The monoisotopic (exact) mass is 482 g/mol. The van der Waals surface area contributed by atoms with Crippen molar-refractivity contribution in [2.75, 3.05) is 23.3 Å². The molecule has 1 saturated heterocycles. The summed E-state index contributed by atoms with van der Waals surface area (Å²) in [6.07, 6.45) is 6.19. The first-order valence-corrected chi connectivity index (χ1v) is 13.5. The van der Waals surface area contributed by atoms with Crippen LogP contribution in [0, 0.1) is 11.8 Å². The molecular formula is C25H30N4O4S. The lowest BCUT2D eigenvalue weighted by Crippen LogP contribution is -2.42. The van der Waals surface area contributed by atoms with Gasteiger partial charge >= 0.3 is 0 Å². The van der Waals surface area contributed by atoms with Gasteiger partial charge in [0.05, 0.1) is 4.90 Å². The number of piperidine rings is 1. The largest absolute Gasteiger partial charge is 0.310 e. The Kier molecular flexibility index (Phi) is 6.16. The first-order chi connectivity index (χ1) is 16.3. The van der Waals surface area contributed by atoms with Gasteiger partial charge < -0.3 is 10.2 Å². The van der Waals surface area contributed by atoms with Crippen LogP contribution in [0.4, 0.5) is 11.5 Å². The van der Waals surface area contributed by atoms with Crippen molar-refractivity contribution < 1.29 is 18.0 Å². The highest BCUT2D eigenvalue weighted by atomic mass is 32.2. The van der Waals surface area contributed by atoms with E-state index in [1.807, 2.05) is 11.8 Å². The summed E-state index contributed by atoms with van der Waals surface area (Å²) < 4.78 is 28.2. The Balaban J connectivity index is 1.25. The smallest absolute Gasteiger partial charge is 0.243 e. The van der Waals surface area contributed by atoms with Crippen LogP contribution in [-0.4, -0.2) is 48.7 Å². The minimum atomic E-state index is -3.67. The second-order valence-electron chi connectivity index (χ2n) is 9.56. The van der Waals surface area contributed by atoms with Gasteiger partial charge in [0, 0.05) is 42.9 Å². The molecule has 1 aliphatic carbocycles. The summed E-state index contributed by atoms with van der Waals surface area (Å²) in [5.41, 5.74) is 1.75. The lowest BCUT2D eigenvalue weighted by atomic mass is 9.84. The van der Waals surface area contributed by atoms with Gasteiger partial charge in [-0.2, -0.15) is 4.31 Å². The molecule has 0 bridgehead atoms. The summed E-state index contributed by atoms with van der Waals surface area (Å²) in [5, 5.41) is 2.81. The maximum Gasteiger partial charge on any atom is 0.243 e. The Morgan fingerprint density at radius 3 is 2.44 bits per heavy atom. The summed E-state index contributed by atoms with van der Waals surface area (Å²) in [6.45, 7) is 2.61. The summed E-state index contributed by atoms with van der Waals surface area (Å²) in [6, 6.07) is 10.5. The molecule has 2 amide bonds. The van der Waals surface area contributed by atoms with E-state index in [-0.39, 0.29) is 34.6 Å². The predicted molar refractivity (Wildman–Crippen MR) is 129 cm³/mol. The van der Waals surface area contributed by atoms with Crippen molar-refractivity contribution in [1.29, 1.82) is 0 Å². The standard InChI is InChI=1S/C25H30N4O4S/c1-17-15-20-16-21(8-9-22(20)29(17)25(31)19-5-4-6-19)34(32,33)28-13-10-18(11-14-28)24(30)27-23-7-2-3-12-26-23/h2-3,7-9,12,16-19H,4-6,10-11,13-15H2,1H3,(H,26,27,30)/t17-/m1/s1. The molecule has 8 nitrogen and oxygen atoms in total. The SMILES string of the molecule is C[C@@H]1Cc2cc(S(=O)(=O)N3CCC(C(=O)Nc4ccccn4)CC3)ccc2N1C(=O)C1CCC1. The molecule has 1 aromatic heterocycles. The molecule has 1 atom stereocenters. The van der Waals surface area contributed by atoms with Crippen molar-refractivity contribution in [3.63, 3.8) is 0 Å². The van der Waals surface area contributed by atoms with E-state index in [0.29, 0.717) is 38.2 Å². The maximum absolute atomic E-state index is 13.4. The molecule has 180 valence electrons. The molecular weight excluding hydrogens is 452 g/mol. The number of anilines is 2. The Morgan fingerprint density at radius 2 is 1.79 bits per heavy atom. The van der Waals surface area contributed by atoms with E-state index < -0.39 is 10.0 Å². The van der Waals surface area contributed by atoms with Crippen molar-refractivity contribution >= 4 is 33.3 Å². The van der Waals surface area contributed by atoms with E-state index in [2.05, 4.69) is 10.3 Å². The first kappa shape index (κ1) is 23.0. The zero-order valence-corrected chi connectivity index (χ0v) is 20.1. The van der Waals surface area contributed by atoms with Gasteiger partial charge in [0.15, 0.2) is 0 Å². The molecule has 0 unspecified atom stereocenters. The van der Waals surface area contributed by atoms with Crippen molar-refractivity contribution in [2.24, 2.45) is 11.8 Å². The van der Waals surface area contributed by atoms with Crippen molar-refractivity contribution in [2.45, 2.75) is 56.4 Å². The minimum absolute atomic E-state index is 0.0365. The van der Waals surface area contributed by atoms with Crippen LogP contribution < -0.4 is 10.2 Å². The third kappa shape index (κ3) is 4.22. The van der Waals surface area contributed by atoms with Gasteiger partial charge in [-0.15, -0.1) is 0 Å². The fourth-order valence-electron chi connectivity index (χ4n) is 5.13. The lowest BCUT2D eigenvalue weighted by Gasteiger charge is -2.32. The summed E-state index contributed by atoms with van der Waals surface area (Å²) >= 11 is 0.